The van der Waals surface area contributed by atoms with E-state index < -0.39 is 0 Å². The molecule has 1 amide bonds. The van der Waals surface area contributed by atoms with Gasteiger partial charge in [-0.25, -0.2) is 5.84 Å². The minimum absolute atomic E-state index is 0.129. The fourth-order valence-corrected chi connectivity index (χ4v) is 1.57. The van der Waals surface area contributed by atoms with Crippen molar-refractivity contribution in [1.82, 2.24) is 10.3 Å². The highest BCUT2D eigenvalue weighted by Crippen LogP contribution is 2.06. The minimum atomic E-state index is -0.129. The van der Waals surface area contributed by atoms with Gasteiger partial charge in [-0.15, -0.1) is 0 Å². The Labute approximate surface area is 96.4 Å². The normalized spacial score (nSPS) is 10.5. The van der Waals surface area contributed by atoms with Crippen LogP contribution in [-0.2, 0) is 11.3 Å². The Morgan fingerprint density at radius 2 is 2.25 bits per heavy atom. The number of nitrogens with two attached hydrogens (primary N) is 1. The van der Waals surface area contributed by atoms with Crippen molar-refractivity contribution in [3.05, 3.63) is 35.4 Å². The average Bonchev–Trinajstić information content (AvgIpc) is 2.26. The summed E-state index contributed by atoms with van der Waals surface area (Å²) in [5, 5.41) is 0. The van der Waals surface area contributed by atoms with Gasteiger partial charge in [0, 0.05) is 19.5 Å². The Morgan fingerprint density at radius 3 is 2.88 bits per heavy atom. The molecule has 0 saturated carbocycles. The molecule has 0 aliphatic heterocycles. The van der Waals surface area contributed by atoms with E-state index in [0.29, 0.717) is 13.0 Å². The highest BCUT2D eigenvalue weighted by molar-refractivity contribution is 5.75. The standard InChI is InChI=1S/C12H19N3O/c1-10-4-3-5-11(8-10)9-15(2)7-6-12(16)14-13/h3-5,8H,6-7,9,13H2,1-2H3,(H,14,16). The van der Waals surface area contributed by atoms with Crippen LogP contribution >= 0.6 is 0 Å². The molecule has 0 spiro atoms. The second kappa shape index (κ2) is 6.25. The van der Waals surface area contributed by atoms with E-state index in [1.165, 1.54) is 11.1 Å². The first-order valence-electron chi connectivity index (χ1n) is 5.35. The van der Waals surface area contributed by atoms with Crippen LogP contribution in [0.5, 0.6) is 0 Å². The van der Waals surface area contributed by atoms with Crippen molar-refractivity contribution in [3.63, 3.8) is 0 Å². The summed E-state index contributed by atoms with van der Waals surface area (Å²) in [5.74, 6) is 4.88. The second-order valence-electron chi connectivity index (χ2n) is 4.04. The van der Waals surface area contributed by atoms with Gasteiger partial charge < -0.3 is 4.90 Å². The van der Waals surface area contributed by atoms with Crippen molar-refractivity contribution in [2.75, 3.05) is 13.6 Å². The van der Waals surface area contributed by atoms with Gasteiger partial charge in [0.2, 0.25) is 5.91 Å². The number of hydrogen-bond acceptors (Lipinski definition) is 3. The van der Waals surface area contributed by atoms with Gasteiger partial charge >= 0.3 is 0 Å². The minimum Gasteiger partial charge on any atom is -0.302 e. The Hall–Kier alpha value is -1.39. The SMILES string of the molecule is Cc1cccc(CN(C)CCC(=O)NN)c1. The molecule has 0 aliphatic carbocycles. The maximum Gasteiger partial charge on any atom is 0.235 e. The molecule has 1 aromatic rings. The summed E-state index contributed by atoms with van der Waals surface area (Å²) in [5.41, 5.74) is 4.64. The molecule has 0 radical (unpaired) electrons. The topological polar surface area (TPSA) is 58.4 Å². The molecule has 0 aliphatic rings. The lowest BCUT2D eigenvalue weighted by Crippen LogP contribution is -2.33. The van der Waals surface area contributed by atoms with Crippen molar-refractivity contribution in [3.8, 4) is 0 Å². The van der Waals surface area contributed by atoms with Crippen molar-refractivity contribution >= 4 is 5.91 Å². The Balaban J connectivity index is 2.39. The molecule has 0 fully saturated rings. The van der Waals surface area contributed by atoms with Crippen molar-refractivity contribution in [2.24, 2.45) is 5.84 Å². The lowest BCUT2D eigenvalue weighted by Gasteiger charge is -2.16. The number of hydrazine groups is 1. The van der Waals surface area contributed by atoms with Crippen LogP contribution in [0.3, 0.4) is 0 Å². The van der Waals surface area contributed by atoms with E-state index in [9.17, 15) is 4.79 Å². The predicted octanol–water partition coefficient (Wildman–Crippen LogP) is 0.807. The zero-order chi connectivity index (χ0) is 12.0. The van der Waals surface area contributed by atoms with Crippen molar-refractivity contribution < 1.29 is 4.79 Å². The van der Waals surface area contributed by atoms with E-state index in [1.54, 1.807) is 0 Å². The number of aryl methyl sites for hydroxylation is 1. The third-order valence-electron chi connectivity index (χ3n) is 2.42. The molecule has 0 saturated heterocycles. The average molecular weight is 221 g/mol. The van der Waals surface area contributed by atoms with Crippen LogP contribution in [0.1, 0.15) is 17.5 Å². The Morgan fingerprint density at radius 1 is 1.50 bits per heavy atom. The molecular weight excluding hydrogens is 202 g/mol. The zero-order valence-electron chi connectivity index (χ0n) is 9.86. The summed E-state index contributed by atoms with van der Waals surface area (Å²) in [6.07, 6.45) is 0.429. The first kappa shape index (κ1) is 12.7. The van der Waals surface area contributed by atoms with Crippen LogP contribution in [-0.4, -0.2) is 24.4 Å². The van der Waals surface area contributed by atoms with Crippen LogP contribution in [0.25, 0.3) is 0 Å². The number of benzene rings is 1. The molecule has 3 N–H and O–H groups in total. The van der Waals surface area contributed by atoms with Crippen LogP contribution in [0, 0.1) is 6.92 Å². The van der Waals surface area contributed by atoms with Gasteiger partial charge in [-0.05, 0) is 19.5 Å². The first-order chi connectivity index (χ1) is 7.61. The number of hydrogen-bond donors (Lipinski definition) is 2. The Bertz CT molecular complexity index is 352. The lowest BCUT2D eigenvalue weighted by atomic mass is 10.1. The van der Waals surface area contributed by atoms with E-state index in [-0.39, 0.29) is 5.91 Å². The van der Waals surface area contributed by atoms with Crippen LogP contribution in [0.2, 0.25) is 0 Å². The highest BCUT2D eigenvalue weighted by Gasteiger charge is 2.03. The van der Waals surface area contributed by atoms with Gasteiger partial charge in [0.25, 0.3) is 0 Å². The molecule has 1 aromatic carbocycles. The summed E-state index contributed by atoms with van der Waals surface area (Å²) >= 11 is 0. The number of rotatable bonds is 5. The molecule has 0 heterocycles. The van der Waals surface area contributed by atoms with Gasteiger partial charge in [-0.1, -0.05) is 29.8 Å². The van der Waals surface area contributed by atoms with Gasteiger partial charge in [0.1, 0.15) is 0 Å². The summed E-state index contributed by atoms with van der Waals surface area (Å²) < 4.78 is 0. The molecule has 0 unspecified atom stereocenters. The quantitative estimate of drug-likeness (QED) is 0.439. The monoisotopic (exact) mass is 221 g/mol. The molecule has 4 heteroatoms. The molecule has 16 heavy (non-hydrogen) atoms. The molecular formula is C12H19N3O. The number of nitrogens with zero attached hydrogens (tertiary/aromatic N) is 1. The van der Waals surface area contributed by atoms with E-state index in [4.69, 9.17) is 5.84 Å². The van der Waals surface area contributed by atoms with Crippen molar-refractivity contribution in [2.45, 2.75) is 19.9 Å². The fourth-order valence-electron chi connectivity index (χ4n) is 1.57. The number of nitrogens with one attached hydrogen (secondary N) is 1. The summed E-state index contributed by atoms with van der Waals surface area (Å²) in [6, 6.07) is 8.36. The van der Waals surface area contributed by atoms with E-state index in [2.05, 4.69) is 35.4 Å². The third-order valence-corrected chi connectivity index (χ3v) is 2.42. The lowest BCUT2D eigenvalue weighted by molar-refractivity contribution is -0.121. The highest BCUT2D eigenvalue weighted by atomic mass is 16.2. The molecule has 0 atom stereocenters. The fraction of sp³-hybridized carbons (Fsp3) is 0.417. The third kappa shape index (κ3) is 4.42. The summed E-state index contributed by atoms with van der Waals surface area (Å²) in [4.78, 5) is 13.1. The van der Waals surface area contributed by atoms with Gasteiger partial charge in [-0.2, -0.15) is 0 Å². The van der Waals surface area contributed by atoms with E-state index >= 15 is 0 Å². The molecule has 0 bridgehead atoms. The summed E-state index contributed by atoms with van der Waals surface area (Å²) in [6.45, 7) is 3.63. The molecule has 0 aromatic heterocycles. The first-order valence-corrected chi connectivity index (χ1v) is 5.35. The van der Waals surface area contributed by atoms with Gasteiger partial charge in [-0.3, -0.25) is 10.2 Å². The van der Waals surface area contributed by atoms with Crippen LogP contribution in [0.15, 0.2) is 24.3 Å². The van der Waals surface area contributed by atoms with E-state index in [1.807, 2.05) is 13.1 Å². The maximum atomic E-state index is 11.0. The predicted molar refractivity (Wildman–Crippen MR) is 64.5 cm³/mol. The zero-order valence-corrected chi connectivity index (χ0v) is 9.86. The molecule has 88 valence electrons. The summed E-state index contributed by atoms with van der Waals surface area (Å²) in [7, 11) is 1.99. The smallest absolute Gasteiger partial charge is 0.235 e. The van der Waals surface area contributed by atoms with Gasteiger partial charge in [0.05, 0.1) is 0 Å². The van der Waals surface area contributed by atoms with E-state index in [0.717, 1.165) is 6.54 Å². The maximum absolute atomic E-state index is 11.0. The number of carbonyl (C=O) groups is 1. The largest absolute Gasteiger partial charge is 0.302 e. The van der Waals surface area contributed by atoms with Gasteiger partial charge in [0.15, 0.2) is 0 Å². The molecule has 1 rings (SSSR count). The van der Waals surface area contributed by atoms with Crippen molar-refractivity contribution in [1.29, 1.82) is 0 Å². The number of carbonyl (C=O) groups excluding carboxylic acids is 1. The Kier molecular flexibility index (Phi) is 4.95. The molecule has 4 nitrogen and oxygen atoms in total. The number of amides is 1. The van der Waals surface area contributed by atoms with Crippen LogP contribution in [0.4, 0.5) is 0 Å². The van der Waals surface area contributed by atoms with Crippen LogP contribution < -0.4 is 11.3 Å². The second-order valence-corrected chi connectivity index (χ2v) is 4.04.